The first kappa shape index (κ1) is 17.7. The van der Waals surface area contributed by atoms with E-state index in [1.54, 1.807) is 12.1 Å². The Morgan fingerprint density at radius 2 is 2.00 bits per heavy atom. The largest absolute Gasteiger partial charge is 0.489 e. The third-order valence-corrected chi connectivity index (χ3v) is 3.42. The molecule has 0 aromatic heterocycles. The molecule has 1 saturated heterocycles. The van der Waals surface area contributed by atoms with E-state index in [2.05, 4.69) is 10.6 Å². The number of benzene rings is 1. The number of halogens is 2. The molecule has 2 N–H and O–H groups in total. The second-order valence-electron chi connectivity index (χ2n) is 5.15. The second kappa shape index (κ2) is 8.85. The Morgan fingerprint density at radius 3 is 2.62 bits per heavy atom. The third-order valence-electron chi connectivity index (χ3n) is 3.42. The summed E-state index contributed by atoms with van der Waals surface area (Å²) in [6.45, 7) is 4.14. The summed E-state index contributed by atoms with van der Waals surface area (Å²) in [5.41, 5.74) is 0. The van der Waals surface area contributed by atoms with E-state index in [9.17, 15) is 9.18 Å². The highest BCUT2D eigenvalue weighted by Crippen LogP contribution is 2.14. The van der Waals surface area contributed by atoms with Gasteiger partial charge in [0, 0.05) is 5.92 Å². The van der Waals surface area contributed by atoms with Crippen LogP contribution < -0.4 is 15.4 Å². The van der Waals surface area contributed by atoms with E-state index in [0.717, 1.165) is 25.9 Å². The Labute approximate surface area is 130 Å². The first-order valence-electron chi connectivity index (χ1n) is 7.06. The first-order chi connectivity index (χ1) is 9.65. The molecule has 1 unspecified atom stereocenters. The Morgan fingerprint density at radius 1 is 1.38 bits per heavy atom. The molecule has 2 rings (SSSR count). The lowest BCUT2D eigenvalue weighted by atomic mass is 9.97. The molecular weight excluding hydrogens is 295 g/mol. The molecule has 1 amide bonds. The third kappa shape index (κ3) is 5.89. The molecule has 21 heavy (non-hydrogen) atoms. The van der Waals surface area contributed by atoms with Crippen LogP contribution in [0.5, 0.6) is 5.75 Å². The van der Waals surface area contributed by atoms with Gasteiger partial charge in [0.05, 0.1) is 6.54 Å². The lowest BCUT2D eigenvalue weighted by Crippen LogP contribution is -2.41. The van der Waals surface area contributed by atoms with E-state index >= 15 is 0 Å². The van der Waals surface area contributed by atoms with Crippen molar-refractivity contribution in [1.29, 1.82) is 0 Å². The summed E-state index contributed by atoms with van der Waals surface area (Å²) in [4.78, 5) is 12.0. The van der Waals surface area contributed by atoms with Crippen LogP contribution in [0.4, 0.5) is 4.39 Å². The van der Waals surface area contributed by atoms with Gasteiger partial charge in [-0.15, -0.1) is 12.4 Å². The van der Waals surface area contributed by atoms with Crippen molar-refractivity contribution in [2.24, 2.45) is 5.92 Å². The molecule has 1 atom stereocenters. The molecule has 0 radical (unpaired) electrons. The summed E-state index contributed by atoms with van der Waals surface area (Å²) >= 11 is 0. The average Bonchev–Trinajstić information content (AvgIpc) is 2.48. The van der Waals surface area contributed by atoms with Gasteiger partial charge in [-0.2, -0.15) is 0 Å². The molecule has 1 aromatic rings. The fraction of sp³-hybridized carbons (Fsp3) is 0.533. The van der Waals surface area contributed by atoms with E-state index in [4.69, 9.17) is 4.74 Å². The number of hydrogen-bond acceptors (Lipinski definition) is 3. The number of carbonyl (C=O) groups is 1. The van der Waals surface area contributed by atoms with Gasteiger partial charge in [-0.1, -0.05) is 0 Å². The maximum absolute atomic E-state index is 12.8. The number of hydrogen-bond donors (Lipinski definition) is 2. The lowest BCUT2D eigenvalue weighted by Gasteiger charge is -2.23. The fourth-order valence-corrected chi connectivity index (χ4v) is 2.26. The number of nitrogens with one attached hydrogen (secondary N) is 2. The maximum atomic E-state index is 12.8. The zero-order chi connectivity index (χ0) is 14.4. The van der Waals surface area contributed by atoms with Crippen molar-refractivity contribution in [2.75, 3.05) is 19.6 Å². The van der Waals surface area contributed by atoms with Crippen molar-refractivity contribution in [1.82, 2.24) is 10.6 Å². The Hall–Kier alpha value is -1.33. The molecule has 4 nitrogen and oxygen atoms in total. The Kier molecular flexibility index (Phi) is 7.47. The molecule has 118 valence electrons. The van der Waals surface area contributed by atoms with Crippen molar-refractivity contribution < 1.29 is 13.9 Å². The van der Waals surface area contributed by atoms with Crippen LogP contribution in [0.1, 0.15) is 19.8 Å². The standard InChI is InChI=1S/C15H21FN2O2.ClH/c1-11(20-14-4-2-13(16)3-5-14)10-18-15(19)12-6-8-17-9-7-12;/h2-5,11-12,17H,6-10H2,1H3,(H,18,19);1H. The number of piperidine rings is 1. The van der Waals surface area contributed by atoms with Gasteiger partial charge < -0.3 is 15.4 Å². The summed E-state index contributed by atoms with van der Waals surface area (Å²) < 4.78 is 18.4. The summed E-state index contributed by atoms with van der Waals surface area (Å²) in [6.07, 6.45) is 1.63. The van der Waals surface area contributed by atoms with Gasteiger partial charge >= 0.3 is 0 Å². The van der Waals surface area contributed by atoms with Crippen LogP contribution in [0.15, 0.2) is 24.3 Å². The molecule has 0 aliphatic carbocycles. The summed E-state index contributed by atoms with van der Waals surface area (Å²) in [5.74, 6) is 0.523. The van der Waals surface area contributed by atoms with E-state index in [1.165, 1.54) is 12.1 Å². The minimum atomic E-state index is -0.288. The van der Waals surface area contributed by atoms with Crippen LogP contribution in [0.2, 0.25) is 0 Å². The average molecular weight is 317 g/mol. The van der Waals surface area contributed by atoms with E-state index < -0.39 is 0 Å². The van der Waals surface area contributed by atoms with Gasteiger partial charge in [-0.25, -0.2) is 4.39 Å². The predicted molar refractivity (Wildman–Crippen MR) is 82.3 cm³/mol. The monoisotopic (exact) mass is 316 g/mol. The van der Waals surface area contributed by atoms with Gasteiger partial charge in [-0.05, 0) is 57.1 Å². The minimum Gasteiger partial charge on any atom is -0.489 e. The van der Waals surface area contributed by atoms with Crippen LogP contribution >= 0.6 is 12.4 Å². The molecule has 1 aromatic carbocycles. The van der Waals surface area contributed by atoms with Gasteiger partial charge in [0.15, 0.2) is 0 Å². The fourth-order valence-electron chi connectivity index (χ4n) is 2.26. The molecule has 0 bridgehead atoms. The normalized spacial score (nSPS) is 16.7. The van der Waals surface area contributed by atoms with Crippen LogP contribution in [0.25, 0.3) is 0 Å². The number of amides is 1. The number of rotatable bonds is 5. The quantitative estimate of drug-likeness (QED) is 0.875. The van der Waals surface area contributed by atoms with E-state index in [0.29, 0.717) is 12.3 Å². The second-order valence-corrected chi connectivity index (χ2v) is 5.15. The van der Waals surface area contributed by atoms with Gasteiger partial charge in [0.2, 0.25) is 5.91 Å². The van der Waals surface area contributed by atoms with Crippen LogP contribution in [-0.4, -0.2) is 31.6 Å². The molecule has 1 aliphatic heterocycles. The van der Waals surface area contributed by atoms with Crippen LogP contribution in [-0.2, 0) is 4.79 Å². The summed E-state index contributed by atoms with van der Waals surface area (Å²) in [5, 5.41) is 6.15. The van der Waals surface area contributed by atoms with Crippen molar-refractivity contribution in [3.63, 3.8) is 0 Å². The van der Waals surface area contributed by atoms with Crippen molar-refractivity contribution in [3.05, 3.63) is 30.1 Å². The molecule has 1 fully saturated rings. The highest BCUT2D eigenvalue weighted by Gasteiger charge is 2.21. The van der Waals surface area contributed by atoms with Gasteiger partial charge in [0.25, 0.3) is 0 Å². The molecule has 1 heterocycles. The zero-order valence-corrected chi connectivity index (χ0v) is 12.9. The van der Waals surface area contributed by atoms with Gasteiger partial charge in [-0.3, -0.25) is 4.79 Å². The van der Waals surface area contributed by atoms with Crippen molar-refractivity contribution in [3.8, 4) is 5.75 Å². The van der Waals surface area contributed by atoms with E-state index in [-0.39, 0.29) is 36.2 Å². The van der Waals surface area contributed by atoms with Gasteiger partial charge in [0.1, 0.15) is 17.7 Å². The van der Waals surface area contributed by atoms with Crippen LogP contribution in [0, 0.1) is 11.7 Å². The predicted octanol–water partition coefficient (Wildman–Crippen LogP) is 2.13. The van der Waals surface area contributed by atoms with Crippen LogP contribution in [0.3, 0.4) is 0 Å². The SMILES string of the molecule is CC(CNC(=O)C1CCNCC1)Oc1ccc(F)cc1.Cl. The lowest BCUT2D eigenvalue weighted by molar-refractivity contribution is -0.126. The summed E-state index contributed by atoms with van der Waals surface area (Å²) in [7, 11) is 0. The highest BCUT2D eigenvalue weighted by atomic mass is 35.5. The van der Waals surface area contributed by atoms with E-state index in [1.807, 2.05) is 6.92 Å². The first-order valence-corrected chi connectivity index (χ1v) is 7.06. The molecule has 6 heteroatoms. The molecule has 0 saturated carbocycles. The summed E-state index contributed by atoms with van der Waals surface area (Å²) in [6, 6.07) is 5.88. The number of ether oxygens (including phenoxy) is 1. The Bertz CT molecular complexity index is 436. The molecular formula is C15H22ClFN2O2. The molecule has 0 spiro atoms. The topological polar surface area (TPSA) is 50.4 Å². The number of carbonyl (C=O) groups excluding carboxylic acids is 1. The van der Waals surface area contributed by atoms with Crippen molar-refractivity contribution in [2.45, 2.75) is 25.9 Å². The zero-order valence-electron chi connectivity index (χ0n) is 12.1. The minimum absolute atomic E-state index is 0. The smallest absolute Gasteiger partial charge is 0.223 e. The maximum Gasteiger partial charge on any atom is 0.223 e. The highest BCUT2D eigenvalue weighted by molar-refractivity contribution is 5.85. The van der Waals surface area contributed by atoms with Crippen molar-refractivity contribution >= 4 is 18.3 Å². The Balaban J connectivity index is 0.00000220. The molecule has 1 aliphatic rings.